The molecule has 1 amide bonds. The molecule has 6 heteroatoms. The van der Waals surface area contributed by atoms with Gasteiger partial charge in [-0.25, -0.2) is 4.98 Å². The largest absolute Gasteiger partial charge is 0.343 e. The van der Waals surface area contributed by atoms with E-state index >= 15 is 0 Å². The number of benzene rings is 1. The van der Waals surface area contributed by atoms with Crippen LogP contribution in [0.4, 0.5) is 5.13 Å². The van der Waals surface area contributed by atoms with Crippen molar-refractivity contribution in [3.63, 3.8) is 0 Å². The number of anilines is 1. The molecule has 5 nitrogen and oxygen atoms in total. The maximum atomic E-state index is 11.9. The molecule has 0 spiro atoms. The van der Waals surface area contributed by atoms with E-state index < -0.39 is 0 Å². The predicted octanol–water partition coefficient (Wildman–Crippen LogP) is 2.58. The van der Waals surface area contributed by atoms with Gasteiger partial charge in [0.25, 0.3) is 0 Å². The quantitative estimate of drug-likeness (QED) is 0.864. The lowest BCUT2D eigenvalue weighted by Crippen LogP contribution is -2.54. The van der Waals surface area contributed by atoms with Gasteiger partial charge >= 0.3 is 0 Å². The molecule has 122 valence electrons. The van der Waals surface area contributed by atoms with Crippen molar-refractivity contribution in [2.45, 2.75) is 32.7 Å². The molecule has 1 unspecified atom stereocenters. The van der Waals surface area contributed by atoms with Crippen molar-refractivity contribution >= 4 is 22.6 Å². The average Bonchev–Trinajstić information content (AvgIpc) is 3.03. The summed E-state index contributed by atoms with van der Waals surface area (Å²) in [6, 6.07) is 10.5. The normalized spacial score (nSPS) is 18.3. The lowest BCUT2D eigenvalue weighted by atomic mass is 10.1. The summed E-state index contributed by atoms with van der Waals surface area (Å²) in [7, 11) is 0. The van der Waals surface area contributed by atoms with E-state index in [1.54, 1.807) is 0 Å². The number of nitrogens with zero attached hydrogens (tertiary/aromatic N) is 4. The Bertz CT molecular complexity index is 658. The summed E-state index contributed by atoms with van der Waals surface area (Å²) in [4.78, 5) is 20.8. The molecule has 0 radical (unpaired) electrons. The number of carbonyl (C=O) groups is 1. The molecule has 1 atom stereocenters. The molecule has 1 aromatic carbocycles. The lowest BCUT2D eigenvalue weighted by Gasteiger charge is -2.39. The molecule has 1 saturated heterocycles. The zero-order chi connectivity index (χ0) is 16.2. The van der Waals surface area contributed by atoms with E-state index in [4.69, 9.17) is 0 Å². The van der Waals surface area contributed by atoms with Crippen LogP contribution in [0.2, 0.25) is 0 Å². The Labute approximate surface area is 141 Å². The second-order valence-electron chi connectivity index (χ2n) is 5.89. The summed E-state index contributed by atoms with van der Waals surface area (Å²) in [5, 5.41) is 0.964. The fourth-order valence-electron chi connectivity index (χ4n) is 2.93. The Morgan fingerprint density at radius 2 is 2.09 bits per heavy atom. The number of rotatable bonds is 4. The van der Waals surface area contributed by atoms with Gasteiger partial charge in [-0.2, -0.15) is 4.37 Å². The van der Waals surface area contributed by atoms with Crippen molar-refractivity contribution in [2.75, 3.05) is 24.5 Å². The summed E-state index contributed by atoms with van der Waals surface area (Å²) in [6.07, 6.45) is 1.34. The summed E-state index contributed by atoms with van der Waals surface area (Å²) in [6.45, 7) is 6.44. The van der Waals surface area contributed by atoms with Crippen LogP contribution in [0, 0.1) is 0 Å². The molecule has 2 heterocycles. The first-order valence-corrected chi connectivity index (χ1v) is 8.85. The minimum atomic E-state index is 0.220. The van der Waals surface area contributed by atoms with Crippen LogP contribution in [-0.2, 0) is 11.2 Å². The predicted molar refractivity (Wildman–Crippen MR) is 92.8 cm³/mol. The third-order valence-electron chi connectivity index (χ3n) is 4.18. The van der Waals surface area contributed by atoms with E-state index in [9.17, 15) is 4.79 Å². The topological polar surface area (TPSA) is 49.3 Å². The highest BCUT2D eigenvalue weighted by Crippen LogP contribution is 2.22. The van der Waals surface area contributed by atoms with Crippen molar-refractivity contribution in [3.05, 3.63) is 41.7 Å². The summed E-state index contributed by atoms with van der Waals surface area (Å²) >= 11 is 1.45. The van der Waals surface area contributed by atoms with Crippen molar-refractivity contribution in [3.8, 4) is 0 Å². The highest BCUT2D eigenvalue weighted by Gasteiger charge is 2.28. The van der Waals surface area contributed by atoms with Gasteiger partial charge in [0.1, 0.15) is 5.82 Å². The SMILES string of the molecule is CCC(=O)N1CCN(c2nc(Cc3ccccc3)ns2)CC1C. The molecule has 0 bridgehead atoms. The summed E-state index contributed by atoms with van der Waals surface area (Å²) in [5.41, 5.74) is 1.23. The minimum Gasteiger partial charge on any atom is -0.343 e. The fourth-order valence-corrected chi connectivity index (χ4v) is 3.65. The number of hydrogen-bond donors (Lipinski definition) is 0. The van der Waals surface area contributed by atoms with E-state index in [0.29, 0.717) is 6.42 Å². The number of amides is 1. The van der Waals surface area contributed by atoms with Gasteiger partial charge in [-0.05, 0) is 12.5 Å². The Morgan fingerprint density at radius 3 is 2.78 bits per heavy atom. The molecule has 1 fully saturated rings. The van der Waals surface area contributed by atoms with Crippen LogP contribution in [0.5, 0.6) is 0 Å². The van der Waals surface area contributed by atoms with Gasteiger partial charge in [-0.1, -0.05) is 37.3 Å². The first-order valence-electron chi connectivity index (χ1n) is 8.08. The molecule has 0 N–H and O–H groups in total. The van der Waals surface area contributed by atoms with E-state index in [1.165, 1.54) is 17.1 Å². The van der Waals surface area contributed by atoms with E-state index in [1.807, 2.05) is 30.0 Å². The first-order chi connectivity index (χ1) is 11.2. The van der Waals surface area contributed by atoms with Crippen molar-refractivity contribution in [2.24, 2.45) is 0 Å². The van der Waals surface area contributed by atoms with Gasteiger partial charge < -0.3 is 9.80 Å². The second kappa shape index (κ2) is 7.08. The molecule has 1 aliphatic heterocycles. The van der Waals surface area contributed by atoms with Crippen LogP contribution in [0.3, 0.4) is 0 Å². The van der Waals surface area contributed by atoms with E-state index in [2.05, 4.69) is 33.3 Å². The Morgan fingerprint density at radius 1 is 1.30 bits per heavy atom. The standard InChI is InChI=1S/C17H22N4OS/c1-3-16(22)21-10-9-20(12-13(21)2)17-18-15(19-23-17)11-14-7-5-4-6-8-14/h4-8,13H,3,9-12H2,1-2H3. The van der Waals surface area contributed by atoms with Crippen LogP contribution in [-0.4, -0.2) is 45.8 Å². The zero-order valence-corrected chi connectivity index (χ0v) is 14.4. The third-order valence-corrected chi connectivity index (χ3v) is 5.00. The summed E-state index contributed by atoms with van der Waals surface area (Å²) < 4.78 is 4.49. The van der Waals surface area contributed by atoms with Gasteiger partial charge in [0, 0.05) is 50.1 Å². The number of carbonyl (C=O) groups excluding carboxylic acids is 1. The maximum Gasteiger partial charge on any atom is 0.222 e. The molecule has 2 aromatic rings. The Balaban J connectivity index is 1.64. The molecular formula is C17H22N4OS. The van der Waals surface area contributed by atoms with Gasteiger partial charge in [-0.3, -0.25) is 4.79 Å². The molecule has 3 rings (SSSR count). The van der Waals surface area contributed by atoms with Crippen LogP contribution in [0.25, 0.3) is 0 Å². The van der Waals surface area contributed by atoms with E-state index in [-0.39, 0.29) is 11.9 Å². The number of piperazine rings is 1. The van der Waals surface area contributed by atoms with Crippen LogP contribution in [0.1, 0.15) is 31.7 Å². The number of hydrogen-bond acceptors (Lipinski definition) is 5. The van der Waals surface area contributed by atoms with Gasteiger partial charge in [0.2, 0.25) is 11.0 Å². The molecule has 0 aliphatic carbocycles. The van der Waals surface area contributed by atoms with Gasteiger partial charge in [0.15, 0.2) is 0 Å². The molecule has 23 heavy (non-hydrogen) atoms. The first kappa shape index (κ1) is 15.9. The molecular weight excluding hydrogens is 308 g/mol. The molecule has 1 aromatic heterocycles. The van der Waals surface area contributed by atoms with E-state index in [0.717, 1.165) is 37.0 Å². The highest BCUT2D eigenvalue weighted by molar-refractivity contribution is 7.09. The summed E-state index contributed by atoms with van der Waals surface area (Å²) in [5.74, 6) is 1.11. The lowest BCUT2D eigenvalue weighted by molar-refractivity contribution is -0.133. The van der Waals surface area contributed by atoms with Crippen LogP contribution < -0.4 is 4.90 Å². The fraction of sp³-hybridized carbons (Fsp3) is 0.471. The van der Waals surface area contributed by atoms with Crippen LogP contribution in [0.15, 0.2) is 30.3 Å². The second-order valence-corrected chi connectivity index (χ2v) is 6.62. The maximum absolute atomic E-state index is 11.9. The van der Waals surface area contributed by atoms with Crippen molar-refractivity contribution in [1.82, 2.24) is 14.3 Å². The highest BCUT2D eigenvalue weighted by atomic mass is 32.1. The molecule has 0 saturated carbocycles. The Kier molecular flexibility index (Phi) is 4.91. The van der Waals surface area contributed by atoms with Crippen molar-refractivity contribution in [1.29, 1.82) is 0 Å². The smallest absolute Gasteiger partial charge is 0.222 e. The average molecular weight is 330 g/mol. The van der Waals surface area contributed by atoms with Gasteiger partial charge in [0.05, 0.1) is 0 Å². The minimum absolute atomic E-state index is 0.220. The van der Waals surface area contributed by atoms with Crippen LogP contribution >= 0.6 is 11.5 Å². The molecule has 1 aliphatic rings. The Hall–Kier alpha value is -1.95. The van der Waals surface area contributed by atoms with Gasteiger partial charge in [-0.15, -0.1) is 0 Å². The zero-order valence-electron chi connectivity index (χ0n) is 13.6. The number of aromatic nitrogens is 2. The third kappa shape index (κ3) is 3.69. The van der Waals surface area contributed by atoms with Crippen molar-refractivity contribution < 1.29 is 4.79 Å². The monoisotopic (exact) mass is 330 g/mol.